The summed E-state index contributed by atoms with van der Waals surface area (Å²) in [6.07, 6.45) is 3.53. The minimum absolute atomic E-state index is 0.742. The van der Waals surface area contributed by atoms with Crippen molar-refractivity contribution in [2.24, 2.45) is 11.7 Å². The third kappa shape index (κ3) is 3.05. The summed E-state index contributed by atoms with van der Waals surface area (Å²) < 4.78 is 0. The molecule has 15 heavy (non-hydrogen) atoms. The Balaban J connectivity index is 1.91. The average molecular weight is 204 g/mol. The summed E-state index contributed by atoms with van der Waals surface area (Å²) in [5.74, 6) is 0.838. The van der Waals surface area contributed by atoms with E-state index in [1.807, 2.05) is 0 Å². The fourth-order valence-electron chi connectivity index (χ4n) is 2.23. The quantitative estimate of drug-likeness (QED) is 0.776. The van der Waals surface area contributed by atoms with Gasteiger partial charge in [-0.2, -0.15) is 0 Å². The second kappa shape index (κ2) is 5.29. The molecule has 0 saturated carbocycles. The largest absolute Gasteiger partial charge is 0.330 e. The van der Waals surface area contributed by atoms with Crippen LogP contribution in [0, 0.1) is 5.92 Å². The van der Waals surface area contributed by atoms with Gasteiger partial charge in [0, 0.05) is 0 Å². The minimum Gasteiger partial charge on any atom is -0.330 e. The highest BCUT2D eigenvalue weighted by molar-refractivity contribution is 5.23. The number of hydrogen-bond donors (Lipinski definition) is 2. The van der Waals surface area contributed by atoms with Crippen molar-refractivity contribution in [2.75, 3.05) is 19.6 Å². The van der Waals surface area contributed by atoms with E-state index in [1.54, 1.807) is 0 Å². The number of hydrogen-bond acceptors (Lipinski definition) is 2. The summed E-state index contributed by atoms with van der Waals surface area (Å²) in [4.78, 5) is 0. The standard InChI is InChI=1S/C13H20N2/c14-7-5-11-1-3-12(4-2-11)9-13-6-8-15-10-13/h1-4,13,15H,5-10,14H2. The van der Waals surface area contributed by atoms with Crippen LogP contribution >= 0.6 is 0 Å². The molecule has 1 aromatic carbocycles. The summed E-state index contributed by atoms with van der Waals surface area (Å²) in [5, 5.41) is 3.41. The van der Waals surface area contributed by atoms with Gasteiger partial charge < -0.3 is 11.1 Å². The van der Waals surface area contributed by atoms with Gasteiger partial charge in [-0.25, -0.2) is 0 Å². The molecule has 2 rings (SSSR count). The van der Waals surface area contributed by atoms with Crippen molar-refractivity contribution in [3.8, 4) is 0 Å². The van der Waals surface area contributed by atoms with Crippen molar-refractivity contribution < 1.29 is 0 Å². The molecule has 3 N–H and O–H groups in total. The zero-order valence-corrected chi connectivity index (χ0v) is 9.21. The normalized spacial score (nSPS) is 20.7. The van der Waals surface area contributed by atoms with Crippen LogP contribution < -0.4 is 11.1 Å². The molecule has 1 aromatic rings. The van der Waals surface area contributed by atoms with Crippen LogP contribution in [0.2, 0.25) is 0 Å². The fraction of sp³-hybridized carbons (Fsp3) is 0.538. The van der Waals surface area contributed by atoms with Crippen molar-refractivity contribution in [3.63, 3.8) is 0 Å². The lowest BCUT2D eigenvalue weighted by Gasteiger charge is -2.08. The molecule has 0 aliphatic carbocycles. The Kier molecular flexibility index (Phi) is 3.75. The molecule has 0 aromatic heterocycles. The van der Waals surface area contributed by atoms with E-state index in [-0.39, 0.29) is 0 Å². The molecule has 82 valence electrons. The topological polar surface area (TPSA) is 38.0 Å². The highest BCUT2D eigenvalue weighted by atomic mass is 14.9. The Morgan fingerprint density at radius 1 is 1.20 bits per heavy atom. The summed E-state index contributed by atoms with van der Waals surface area (Å²) in [6.45, 7) is 3.12. The summed E-state index contributed by atoms with van der Waals surface area (Å²) >= 11 is 0. The smallest absolute Gasteiger partial charge is 0.00169 e. The maximum Gasteiger partial charge on any atom is -0.00169 e. The third-order valence-corrected chi connectivity index (χ3v) is 3.14. The molecule has 1 heterocycles. The SMILES string of the molecule is NCCc1ccc(CC2CCNC2)cc1. The summed E-state index contributed by atoms with van der Waals surface area (Å²) in [5.41, 5.74) is 8.34. The van der Waals surface area contributed by atoms with E-state index in [2.05, 4.69) is 29.6 Å². The molecule has 1 saturated heterocycles. The van der Waals surface area contributed by atoms with E-state index in [1.165, 1.54) is 37.1 Å². The predicted molar refractivity (Wildman–Crippen MR) is 63.9 cm³/mol. The van der Waals surface area contributed by atoms with Crippen molar-refractivity contribution in [1.29, 1.82) is 0 Å². The molecule has 1 atom stereocenters. The molecule has 1 aliphatic rings. The van der Waals surface area contributed by atoms with Crippen LogP contribution in [0.15, 0.2) is 24.3 Å². The number of nitrogens with one attached hydrogen (secondary N) is 1. The van der Waals surface area contributed by atoms with Crippen LogP contribution in [0.4, 0.5) is 0 Å². The lowest BCUT2D eigenvalue weighted by molar-refractivity contribution is 0.580. The average Bonchev–Trinajstić information content (AvgIpc) is 2.74. The molecule has 0 amide bonds. The molecule has 1 fully saturated rings. The summed E-state index contributed by atoms with van der Waals surface area (Å²) in [7, 11) is 0. The predicted octanol–water partition coefficient (Wildman–Crippen LogP) is 1.34. The van der Waals surface area contributed by atoms with Crippen molar-refractivity contribution in [2.45, 2.75) is 19.3 Å². The first-order valence-electron chi connectivity index (χ1n) is 5.87. The van der Waals surface area contributed by atoms with Gasteiger partial charge in [0.25, 0.3) is 0 Å². The van der Waals surface area contributed by atoms with Crippen LogP contribution in [0.3, 0.4) is 0 Å². The van der Waals surface area contributed by atoms with E-state index in [0.717, 1.165) is 18.9 Å². The molecule has 0 spiro atoms. The molecular formula is C13H20N2. The van der Waals surface area contributed by atoms with Crippen LogP contribution in [0.5, 0.6) is 0 Å². The van der Waals surface area contributed by atoms with Crippen molar-refractivity contribution >= 4 is 0 Å². The Morgan fingerprint density at radius 2 is 1.93 bits per heavy atom. The van der Waals surface area contributed by atoms with Crippen LogP contribution in [0.25, 0.3) is 0 Å². The molecule has 0 bridgehead atoms. The first-order chi connectivity index (χ1) is 7.38. The van der Waals surface area contributed by atoms with Gasteiger partial charge in [-0.3, -0.25) is 0 Å². The number of benzene rings is 1. The van der Waals surface area contributed by atoms with Gasteiger partial charge in [0.15, 0.2) is 0 Å². The highest BCUT2D eigenvalue weighted by Gasteiger charge is 2.14. The van der Waals surface area contributed by atoms with Crippen LogP contribution in [0.1, 0.15) is 17.5 Å². The van der Waals surface area contributed by atoms with Crippen LogP contribution in [-0.2, 0) is 12.8 Å². The molecule has 2 nitrogen and oxygen atoms in total. The summed E-state index contributed by atoms with van der Waals surface area (Å²) in [6, 6.07) is 8.93. The fourth-order valence-corrected chi connectivity index (χ4v) is 2.23. The lowest BCUT2D eigenvalue weighted by atomic mass is 9.97. The molecule has 0 radical (unpaired) electrons. The lowest BCUT2D eigenvalue weighted by Crippen LogP contribution is -2.10. The van der Waals surface area contributed by atoms with E-state index in [9.17, 15) is 0 Å². The monoisotopic (exact) mass is 204 g/mol. The van der Waals surface area contributed by atoms with Crippen molar-refractivity contribution in [3.05, 3.63) is 35.4 Å². The van der Waals surface area contributed by atoms with Gasteiger partial charge >= 0.3 is 0 Å². The maximum atomic E-state index is 5.52. The highest BCUT2D eigenvalue weighted by Crippen LogP contribution is 2.15. The van der Waals surface area contributed by atoms with Gasteiger partial charge in [0.2, 0.25) is 0 Å². The van der Waals surface area contributed by atoms with E-state index >= 15 is 0 Å². The Bertz CT molecular complexity index is 286. The van der Waals surface area contributed by atoms with Gasteiger partial charge in [-0.1, -0.05) is 24.3 Å². The van der Waals surface area contributed by atoms with Crippen molar-refractivity contribution in [1.82, 2.24) is 5.32 Å². The molecule has 1 aliphatic heterocycles. The van der Waals surface area contributed by atoms with Crippen LogP contribution in [-0.4, -0.2) is 19.6 Å². The molecule has 1 unspecified atom stereocenters. The Labute approximate surface area is 91.9 Å². The Hall–Kier alpha value is -0.860. The number of rotatable bonds is 4. The van der Waals surface area contributed by atoms with E-state index in [0.29, 0.717) is 0 Å². The zero-order chi connectivity index (χ0) is 10.5. The van der Waals surface area contributed by atoms with Gasteiger partial charge in [-0.15, -0.1) is 0 Å². The van der Waals surface area contributed by atoms with Gasteiger partial charge in [0.05, 0.1) is 0 Å². The second-order valence-corrected chi connectivity index (χ2v) is 4.42. The Morgan fingerprint density at radius 3 is 2.53 bits per heavy atom. The van der Waals surface area contributed by atoms with E-state index < -0.39 is 0 Å². The molecule has 2 heteroatoms. The van der Waals surface area contributed by atoms with Gasteiger partial charge in [0.1, 0.15) is 0 Å². The zero-order valence-electron chi connectivity index (χ0n) is 9.21. The third-order valence-electron chi connectivity index (χ3n) is 3.14. The minimum atomic E-state index is 0.742. The van der Waals surface area contributed by atoms with Gasteiger partial charge in [-0.05, 0) is 55.9 Å². The number of nitrogens with two attached hydrogens (primary N) is 1. The first kappa shape index (κ1) is 10.7. The second-order valence-electron chi connectivity index (χ2n) is 4.42. The van der Waals surface area contributed by atoms with E-state index in [4.69, 9.17) is 5.73 Å². The first-order valence-corrected chi connectivity index (χ1v) is 5.87. The maximum absolute atomic E-state index is 5.52. The molecular weight excluding hydrogens is 184 g/mol.